The van der Waals surface area contributed by atoms with Gasteiger partial charge < -0.3 is 25.2 Å². The lowest BCUT2D eigenvalue weighted by atomic mass is 10.1. The number of nitrogens with zero attached hydrogens (tertiary/aromatic N) is 8. The van der Waals surface area contributed by atoms with E-state index in [1.807, 2.05) is 42.1 Å². The van der Waals surface area contributed by atoms with Crippen molar-refractivity contribution < 1.29 is 5.11 Å². The number of hydrogen-bond donors (Lipinski definition) is 2. The second-order valence-corrected chi connectivity index (χ2v) is 8.20. The van der Waals surface area contributed by atoms with Gasteiger partial charge in [0, 0.05) is 57.4 Å². The topological polar surface area (TPSA) is 122 Å². The summed E-state index contributed by atoms with van der Waals surface area (Å²) >= 11 is 0. The summed E-state index contributed by atoms with van der Waals surface area (Å²) in [5, 5.41) is 18.6. The summed E-state index contributed by atoms with van der Waals surface area (Å²) in [4.78, 5) is 17.6. The minimum atomic E-state index is 0.158. The number of hydrogen-bond acceptors (Lipinski definition) is 9. The Bertz CT molecular complexity index is 1410. The Morgan fingerprint density at radius 2 is 1.77 bits per heavy atom. The Hall–Kier alpha value is -4.65. The maximum absolute atomic E-state index is 10.2. The molecule has 4 heterocycles. The van der Waals surface area contributed by atoms with Gasteiger partial charge in [-0.1, -0.05) is 12.1 Å². The van der Waals surface area contributed by atoms with E-state index in [0.717, 1.165) is 44.1 Å². The summed E-state index contributed by atoms with van der Waals surface area (Å²) in [5.74, 6) is 8.50. The summed E-state index contributed by atoms with van der Waals surface area (Å²) in [6.45, 7) is 3.12. The zero-order valence-corrected chi connectivity index (χ0v) is 19.3. The predicted molar refractivity (Wildman–Crippen MR) is 134 cm³/mol. The van der Waals surface area contributed by atoms with Crippen LogP contribution in [0, 0.1) is 11.8 Å². The third-order valence-corrected chi connectivity index (χ3v) is 5.89. The molecule has 4 aromatic rings. The van der Waals surface area contributed by atoms with Crippen LogP contribution in [0.25, 0.3) is 11.3 Å². The van der Waals surface area contributed by atoms with Gasteiger partial charge in [-0.05, 0) is 42.5 Å². The molecule has 1 saturated heterocycles. The van der Waals surface area contributed by atoms with Crippen molar-refractivity contribution >= 4 is 17.3 Å². The zero-order chi connectivity index (χ0) is 24.2. The van der Waals surface area contributed by atoms with Crippen LogP contribution in [0.15, 0.2) is 55.0 Å². The Morgan fingerprint density at radius 3 is 2.60 bits per heavy atom. The first kappa shape index (κ1) is 22.2. The minimum Gasteiger partial charge on any atom is -0.507 e. The maximum atomic E-state index is 10.2. The number of nitrogen functional groups attached to an aromatic ring is 1. The molecule has 10 nitrogen and oxygen atoms in total. The first-order valence-electron chi connectivity index (χ1n) is 11.3. The molecule has 1 aromatic carbocycles. The van der Waals surface area contributed by atoms with E-state index in [1.54, 1.807) is 24.5 Å². The number of aromatic nitrogens is 6. The predicted octanol–water partition coefficient (Wildman–Crippen LogP) is 2.07. The monoisotopic (exact) mass is 467 g/mol. The fourth-order valence-electron chi connectivity index (χ4n) is 4.04. The number of nitrogens with two attached hydrogens (primary N) is 1. The summed E-state index contributed by atoms with van der Waals surface area (Å²) < 4.78 is 1.85. The number of rotatable bonds is 3. The highest BCUT2D eigenvalue weighted by atomic mass is 16.3. The van der Waals surface area contributed by atoms with E-state index in [2.05, 4.69) is 46.8 Å². The van der Waals surface area contributed by atoms with Crippen molar-refractivity contribution in [2.75, 3.05) is 41.7 Å². The molecule has 0 aliphatic carbocycles. The van der Waals surface area contributed by atoms with Crippen LogP contribution >= 0.6 is 0 Å². The van der Waals surface area contributed by atoms with Crippen molar-refractivity contribution in [2.24, 2.45) is 7.05 Å². The van der Waals surface area contributed by atoms with Crippen molar-refractivity contribution in [3.8, 4) is 28.8 Å². The first-order chi connectivity index (χ1) is 17.1. The molecule has 5 rings (SSSR count). The summed E-state index contributed by atoms with van der Waals surface area (Å²) in [6.07, 6.45) is 6.20. The van der Waals surface area contributed by atoms with Crippen LogP contribution in [-0.4, -0.2) is 61.0 Å². The van der Waals surface area contributed by atoms with Gasteiger partial charge in [0.25, 0.3) is 0 Å². The van der Waals surface area contributed by atoms with Gasteiger partial charge in [0.1, 0.15) is 11.6 Å². The number of para-hydroxylation sites is 1. The van der Waals surface area contributed by atoms with Crippen LogP contribution in [0.3, 0.4) is 0 Å². The lowest BCUT2D eigenvalue weighted by molar-refractivity contribution is 0.477. The SMILES string of the molecule is Cn1ccnc1C#Cc1nccc(N2CCCN(c3cc(-c4ccccc4O)nnc3N)CC2)n1. The number of phenols is 1. The van der Waals surface area contributed by atoms with E-state index < -0.39 is 0 Å². The Morgan fingerprint density at radius 1 is 0.943 bits per heavy atom. The largest absolute Gasteiger partial charge is 0.507 e. The lowest BCUT2D eigenvalue weighted by Gasteiger charge is -2.25. The van der Waals surface area contributed by atoms with Crippen molar-refractivity contribution in [2.45, 2.75) is 6.42 Å². The Kier molecular flexibility index (Phi) is 6.13. The molecule has 0 radical (unpaired) electrons. The zero-order valence-electron chi connectivity index (χ0n) is 19.3. The molecule has 0 atom stereocenters. The minimum absolute atomic E-state index is 0.158. The van der Waals surface area contributed by atoms with Gasteiger partial charge in [-0.3, -0.25) is 0 Å². The van der Waals surface area contributed by atoms with Gasteiger partial charge in [-0.25, -0.2) is 15.0 Å². The van der Waals surface area contributed by atoms with Crippen LogP contribution in [0.1, 0.15) is 18.1 Å². The molecule has 10 heteroatoms. The van der Waals surface area contributed by atoms with Crippen LogP contribution in [0.2, 0.25) is 0 Å². The smallest absolute Gasteiger partial charge is 0.207 e. The van der Waals surface area contributed by atoms with E-state index in [-0.39, 0.29) is 5.75 Å². The molecule has 1 aliphatic rings. The fraction of sp³-hybridized carbons (Fsp3) is 0.240. The van der Waals surface area contributed by atoms with E-state index in [4.69, 9.17) is 5.73 Å². The molecular weight excluding hydrogens is 442 g/mol. The molecular formula is C25H25N9O. The second-order valence-electron chi connectivity index (χ2n) is 8.20. The molecule has 3 aromatic heterocycles. The molecule has 0 unspecified atom stereocenters. The molecule has 0 saturated carbocycles. The van der Waals surface area contributed by atoms with Crippen molar-refractivity contribution in [3.63, 3.8) is 0 Å². The lowest BCUT2D eigenvalue weighted by Crippen LogP contribution is -2.31. The average molecular weight is 468 g/mol. The first-order valence-corrected chi connectivity index (χ1v) is 11.3. The van der Waals surface area contributed by atoms with Crippen molar-refractivity contribution in [1.29, 1.82) is 0 Å². The number of aromatic hydroxyl groups is 1. The molecule has 0 amide bonds. The van der Waals surface area contributed by atoms with Gasteiger partial charge in [-0.2, -0.15) is 0 Å². The molecule has 3 N–H and O–H groups in total. The number of anilines is 3. The number of aryl methyl sites for hydroxylation is 1. The summed E-state index contributed by atoms with van der Waals surface area (Å²) in [5.41, 5.74) is 8.22. The Balaban J connectivity index is 1.33. The second kappa shape index (κ2) is 9.69. The maximum Gasteiger partial charge on any atom is 0.207 e. The highest BCUT2D eigenvalue weighted by Crippen LogP contribution is 2.31. The summed E-state index contributed by atoms with van der Waals surface area (Å²) in [7, 11) is 1.90. The van der Waals surface area contributed by atoms with E-state index in [9.17, 15) is 5.11 Å². The quantitative estimate of drug-likeness (QED) is 0.436. The van der Waals surface area contributed by atoms with Crippen LogP contribution in [0.5, 0.6) is 5.75 Å². The van der Waals surface area contributed by atoms with Crippen molar-refractivity contribution in [3.05, 3.63) is 66.6 Å². The standard InChI is InChI=1S/C25H25N9O/c1-32-14-11-28-23(32)8-7-22-27-10-9-24(29-22)34-13-4-12-33(15-16-34)20-17-19(30-31-25(20)26)18-5-2-3-6-21(18)35/h2-3,5-6,9-11,14,17,35H,4,12-13,15-16H2,1H3,(H2,26,31). The van der Waals surface area contributed by atoms with Gasteiger partial charge in [0.05, 0.1) is 11.4 Å². The highest BCUT2D eigenvalue weighted by Gasteiger charge is 2.20. The van der Waals surface area contributed by atoms with Crippen LogP contribution in [-0.2, 0) is 7.05 Å². The fourth-order valence-corrected chi connectivity index (χ4v) is 4.04. The van der Waals surface area contributed by atoms with Gasteiger partial charge in [-0.15, -0.1) is 10.2 Å². The third kappa shape index (κ3) is 4.84. The van der Waals surface area contributed by atoms with E-state index in [1.165, 1.54) is 0 Å². The molecule has 176 valence electrons. The number of benzene rings is 1. The molecule has 0 bridgehead atoms. The number of imidazole rings is 1. The van der Waals surface area contributed by atoms with Gasteiger partial charge in [0.15, 0.2) is 11.6 Å². The number of phenolic OH excluding ortho intramolecular Hbond substituents is 1. The molecule has 35 heavy (non-hydrogen) atoms. The van der Waals surface area contributed by atoms with Gasteiger partial charge >= 0.3 is 0 Å². The molecule has 1 aliphatic heterocycles. The molecule has 1 fully saturated rings. The van der Waals surface area contributed by atoms with Gasteiger partial charge in [0.2, 0.25) is 5.82 Å². The summed E-state index contributed by atoms with van der Waals surface area (Å²) in [6, 6.07) is 10.9. The Labute approximate surface area is 203 Å². The normalized spacial score (nSPS) is 13.7. The molecule has 0 spiro atoms. The van der Waals surface area contributed by atoms with E-state index in [0.29, 0.717) is 28.7 Å². The van der Waals surface area contributed by atoms with E-state index >= 15 is 0 Å². The highest BCUT2D eigenvalue weighted by molar-refractivity contribution is 5.74. The average Bonchev–Trinajstić information content (AvgIpc) is 3.13. The van der Waals surface area contributed by atoms with Crippen LogP contribution in [0.4, 0.5) is 17.3 Å². The third-order valence-electron chi connectivity index (χ3n) is 5.89. The van der Waals surface area contributed by atoms with Crippen molar-refractivity contribution in [1.82, 2.24) is 29.7 Å². The van der Waals surface area contributed by atoms with Crippen LogP contribution < -0.4 is 15.5 Å².